The lowest BCUT2D eigenvalue weighted by atomic mass is 9.83. The van der Waals surface area contributed by atoms with Crippen LogP contribution < -0.4 is 11.1 Å². The number of rotatable bonds is 4. The summed E-state index contributed by atoms with van der Waals surface area (Å²) in [5.41, 5.74) is 13.8. The highest BCUT2D eigenvalue weighted by Gasteiger charge is 2.27. The second-order valence-corrected chi connectivity index (χ2v) is 21.3. The molecule has 11 aromatic carbocycles. The predicted octanol–water partition coefficient (Wildman–Crippen LogP) is 18.4. The number of para-hydroxylation sites is 2. The number of allylic oxidation sites excluding steroid dienone is 1. The lowest BCUT2D eigenvalue weighted by Gasteiger charge is -2.19. The van der Waals surface area contributed by atoms with Crippen LogP contribution in [-0.2, 0) is 0 Å². The van der Waals surface area contributed by atoms with E-state index >= 15 is 0 Å². The topological polar surface area (TPSA) is 95.5 Å². The van der Waals surface area contributed by atoms with Crippen molar-refractivity contribution in [2.45, 2.75) is 12.3 Å². The molecule has 1 aliphatic carbocycles. The van der Waals surface area contributed by atoms with Gasteiger partial charge in [0.2, 0.25) is 11.4 Å². The Morgan fingerprint density at radius 2 is 0.900 bits per heavy atom. The molecule has 6 aromatic heterocycles. The van der Waals surface area contributed by atoms with Crippen molar-refractivity contribution in [2.75, 3.05) is 0 Å². The van der Waals surface area contributed by atoms with E-state index in [1.807, 2.05) is 72.8 Å². The fraction of sp³-hybridized carbons (Fsp3) is 0.0278. The van der Waals surface area contributed by atoms with Crippen molar-refractivity contribution >= 4 is 126 Å². The van der Waals surface area contributed by atoms with Crippen molar-refractivity contribution in [3.05, 3.63) is 256 Å². The van der Waals surface area contributed by atoms with Gasteiger partial charge in [-0.15, -0.1) is 0 Å². The molecule has 374 valence electrons. The Bertz CT molecular complexity index is 5740. The predicted molar refractivity (Wildman–Crippen MR) is 323 cm³/mol. The summed E-state index contributed by atoms with van der Waals surface area (Å²) in [4.78, 5) is 28.9. The summed E-state index contributed by atoms with van der Waals surface area (Å²) in [5.74, 6) is 0.959. The van der Waals surface area contributed by atoms with Crippen LogP contribution in [0.25, 0.3) is 160 Å². The van der Waals surface area contributed by atoms with E-state index in [-0.39, 0.29) is 17.0 Å². The fourth-order valence-corrected chi connectivity index (χ4v) is 13.5. The van der Waals surface area contributed by atoms with Crippen LogP contribution in [0.2, 0.25) is 0 Å². The van der Waals surface area contributed by atoms with E-state index in [0.717, 1.165) is 106 Å². The number of benzene rings is 11. The van der Waals surface area contributed by atoms with Crippen LogP contribution in [0.4, 0.5) is 0 Å². The third-order valence-electron chi connectivity index (χ3n) is 17.1. The molecule has 0 saturated heterocycles. The number of hydrogen-bond acceptors (Lipinski definition) is 6. The van der Waals surface area contributed by atoms with Crippen molar-refractivity contribution in [3.63, 3.8) is 0 Å². The van der Waals surface area contributed by atoms with Gasteiger partial charge in [0.1, 0.15) is 33.7 Å². The number of nitrogens with zero attached hydrogens (tertiary/aromatic N) is 2. The summed E-state index contributed by atoms with van der Waals surface area (Å²) in [6, 6.07) is 72.5. The first-order chi connectivity index (χ1) is 39.5. The molecule has 0 saturated carbocycles. The molecule has 0 N–H and O–H groups in total. The average Bonchev–Trinajstić information content (AvgIpc) is 4.37. The van der Waals surface area contributed by atoms with Gasteiger partial charge in [-0.25, -0.2) is 8.80 Å². The molecule has 0 amide bonds. The van der Waals surface area contributed by atoms with Gasteiger partial charge in [0.15, 0.2) is 0 Å². The third kappa shape index (κ3) is 6.04. The Kier molecular flexibility index (Phi) is 8.65. The molecule has 1 aliphatic rings. The summed E-state index contributed by atoms with van der Waals surface area (Å²) in [7, 11) is 0. The number of furan rings is 2. The van der Waals surface area contributed by atoms with Gasteiger partial charge in [0, 0.05) is 56.1 Å². The van der Waals surface area contributed by atoms with Gasteiger partial charge in [-0.3, -0.25) is 9.59 Å². The Morgan fingerprint density at radius 1 is 0.375 bits per heavy atom. The minimum absolute atomic E-state index is 0.0665. The van der Waals surface area contributed by atoms with Crippen molar-refractivity contribution < 1.29 is 17.7 Å². The lowest BCUT2D eigenvalue weighted by Crippen LogP contribution is -2.12. The number of aromatic nitrogens is 2. The molecule has 17 aromatic rings. The van der Waals surface area contributed by atoms with Gasteiger partial charge >= 0.3 is 0 Å². The molecule has 18 rings (SSSR count). The Morgan fingerprint density at radius 3 is 1.62 bits per heavy atom. The third-order valence-corrected chi connectivity index (χ3v) is 17.1. The van der Waals surface area contributed by atoms with E-state index in [0.29, 0.717) is 33.4 Å². The quantitative estimate of drug-likeness (QED) is 0.163. The maximum absolute atomic E-state index is 14.9. The zero-order valence-electron chi connectivity index (χ0n) is 42.5. The van der Waals surface area contributed by atoms with E-state index in [4.69, 9.17) is 17.7 Å². The molecule has 1 unspecified atom stereocenters. The van der Waals surface area contributed by atoms with Gasteiger partial charge in [-0.1, -0.05) is 127 Å². The van der Waals surface area contributed by atoms with Crippen LogP contribution in [0.3, 0.4) is 0 Å². The normalized spacial score (nSPS) is 13.9. The molecule has 0 bridgehead atoms. The second kappa shape index (κ2) is 15.9. The van der Waals surface area contributed by atoms with Crippen molar-refractivity contribution in [3.8, 4) is 33.4 Å². The molecule has 0 fully saturated rings. The first-order valence-corrected chi connectivity index (χ1v) is 27.0. The zero-order valence-corrected chi connectivity index (χ0v) is 42.5. The van der Waals surface area contributed by atoms with Crippen LogP contribution in [0.15, 0.2) is 246 Å². The SMILES string of the molecule is O=c1c2ccccc2oc2cc3cc(-c4c(-c5ccc6c(c5)cc5oc7ccc(-c8ccc9c%10ccccc%10c%10ccccc%10c9c8)cc7c(=O)n56)ccc5oc6ccc(C7CC=Cc8oc9ccccc9c87)cc6c45)ccc3n12. The zero-order chi connectivity index (χ0) is 52.5. The first kappa shape index (κ1) is 43.4. The summed E-state index contributed by atoms with van der Waals surface area (Å²) in [6.45, 7) is 0. The fourth-order valence-electron chi connectivity index (χ4n) is 13.5. The maximum atomic E-state index is 14.9. The molecule has 0 radical (unpaired) electrons. The Labute approximate surface area is 452 Å². The molecular weight excluding hydrogens is 989 g/mol. The lowest BCUT2D eigenvalue weighted by molar-refractivity contribution is 0.589. The minimum atomic E-state index is -0.149. The van der Waals surface area contributed by atoms with E-state index in [1.54, 1.807) is 14.9 Å². The minimum Gasteiger partial charge on any atom is -0.456 e. The van der Waals surface area contributed by atoms with E-state index < -0.39 is 0 Å². The number of hydrogen-bond donors (Lipinski definition) is 0. The van der Waals surface area contributed by atoms with Crippen molar-refractivity contribution in [1.29, 1.82) is 0 Å². The van der Waals surface area contributed by atoms with Crippen LogP contribution in [0, 0.1) is 0 Å². The highest BCUT2D eigenvalue weighted by Crippen LogP contribution is 2.48. The van der Waals surface area contributed by atoms with Gasteiger partial charge in [0.25, 0.3) is 11.1 Å². The van der Waals surface area contributed by atoms with Crippen LogP contribution in [0.1, 0.15) is 29.2 Å². The molecular formula is C72H40N2O6. The van der Waals surface area contributed by atoms with Gasteiger partial charge < -0.3 is 17.7 Å². The standard InChI is InChI=1S/C72H40N2O6/c75-71-54-15-6-8-18-61(54)79-66-38-45-33-43(22-28-59(45)73(66)71)68-47(26-31-65-70(68)56-36-42(24-30-62(56)78-65)46-16-9-19-64-69(46)53-14-5-7-17-60(53)77-64)41-21-27-58-44(32-41)37-67-74(58)72(76)57-35-40(23-29-63(57)80-67)39-20-25-52-50-12-2-1-10-48(50)49-11-3-4-13-51(49)55(52)34-39/h1-15,17-38,46H,16H2. The molecule has 0 spiro atoms. The Hall–Kier alpha value is -10.7. The summed E-state index contributed by atoms with van der Waals surface area (Å²) < 4.78 is 29.5. The van der Waals surface area contributed by atoms with E-state index in [2.05, 4.69) is 146 Å². The summed E-state index contributed by atoms with van der Waals surface area (Å²) >= 11 is 0. The van der Waals surface area contributed by atoms with Gasteiger partial charge in [-0.05, 0) is 157 Å². The molecule has 6 heterocycles. The average molecular weight is 1030 g/mol. The van der Waals surface area contributed by atoms with E-state index in [9.17, 15) is 9.59 Å². The van der Waals surface area contributed by atoms with Crippen LogP contribution >= 0.6 is 0 Å². The molecule has 8 heteroatoms. The second-order valence-electron chi connectivity index (χ2n) is 21.3. The first-order valence-electron chi connectivity index (χ1n) is 27.0. The Balaban J connectivity index is 0.817. The molecule has 8 nitrogen and oxygen atoms in total. The molecule has 1 atom stereocenters. The van der Waals surface area contributed by atoms with E-state index in [1.165, 1.54) is 37.9 Å². The van der Waals surface area contributed by atoms with Crippen molar-refractivity contribution in [1.82, 2.24) is 8.80 Å². The number of fused-ring (bicyclic) bond motifs is 20. The summed E-state index contributed by atoms with van der Waals surface area (Å²) in [5, 5.41) is 13.0. The van der Waals surface area contributed by atoms with Crippen LogP contribution in [-0.4, -0.2) is 8.80 Å². The van der Waals surface area contributed by atoms with Gasteiger partial charge in [0.05, 0.1) is 21.8 Å². The monoisotopic (exact) mass is 1030 g/mol. The molecule has 80 heavy (non-hydrogen) atoms. The highest BCUT2D eigenvalue weighted by atomic mass is 16.4. The highest BCUT2D eigenvalue weighted by molar-refractivity contribution is 6.26. The van der Waals surface area contributed by atoms with Gasteiger partial charge in [-0.2, -0.15) is 0 Å². The van der Waals surface area contributed by atoms with Crippen molar-refractivity contribution in [2.24, 2.45) is 0 Å². The maximum Gasteiger partial charge on any atom is 0.269 e. The summed E-state index contributed by atoms with van der Waals surface area (Å²) in [6.07, 6.45) is 5.13. The smallest absolute Gasteiger partial charge is 0.269 e. The molecule has 0 aliphatic heterocycles. The largest absolute Gasteiger partial charge is 0.456 e. The van der Waals surface area contributed by atoms with Crippen LogP contribution in [0.5, 0.6) is 0 Å².